The Labute approximate surface area is 217 Å². The van der Waals surface area contributed by atoms with Gasteiger partial charge in [0.25, 0.3) is 8.32 Å². The van der Waals surface area contributed by atoms with E-state index < -0.39 is 8.32 Å². The lowest BCUT2D eigenvalue weighted by atomic mass is 9.82. The molecule has 0 unspecified atom stereocenters. The Balaban J connectivity index is 1.34. The highest BCUT2D eigenvalue weighted by molar-refractivity contribution is 6.98. The largest absolute Gasteiger partial charge is 0.424 e. The topological polar surface area (TPSA) is 40.5 Å². The average molecular weight is 498 g/mol. The molecule has 1 saturated heterocycles. The molecule has 4 heteroatoms. The van der Waals surface area contributed by atoms with Crippen molar-refractivity contribution in [1.29, 1.82) is 0 Å². The van der Waals surface area contributed by atoms with Crippen LogP contribution in [0.5, 0.6) is 0 Å². The molecular formula is C32H39NO2Si. The first kappa shape index (κ1) is 25.0. The smallest absolute Gasteiger partial charge is 0.258 e. The summed E-state index contributed by atoms with van der Waals surface area (Å²) in [4.78, 5) is 27.7. The number of rotatable bonds is 9. The maximum absolute atomic E-state index is 13.1. The van der Waals surface area contributed by atoms with Crippen molar-refractivity contribution in [3.8, 4) is 0 Å². The molecule has 0 aromatic heterocycles. The second-order valence-electron chi connectivity index (χ2n) is 11.7. The van der Waals surface area contributed by atoms with E-state index in [1.807, 2.05) is 42.5 Å². The number of hydrogen-bond donors (Lipinski definition) is 1. The summed E-state index contributed by atoms with van der Waals surface area (Å²) >= 11 is 0. The van der Waals surface area contributed by atoms with Crippen molar-refractivity contribution in [2.45, 2.75) is 64.0 Å². The first-order valence-electron chi connectivity index (χ1n) is 13.4. The summed E-state index contributed by atoms with van der Waals surface area (Å²) in [6, 6.07) is 31.1. The van der Waals surface area contributed by atoms with Gasteiger partial charge < -0.3 is 9.70 Å². The van der Waals surface area contributed by atoms with Crippen molar-refractivity contribution >= 4 is 24.6 Å². The minimum atomic E-state index is -3.01. The van der Waals surface area contributed by atoms with Crippen molar-refractivity contribution in [3.63, 3.8) is 0 Å². The summed E-state index contributed by atoms with van der Waals surface area (Å²) in [5.41, 5.74) is 1.44. The van der Waals surface area contributed by atoms with Gasteiger partial charge in [-0.3, -0.25) is 4.79 Å². The molecule has 3 aromatic rings. The molecule has 2 fully saturated rings. The molecule has 3 aromatic carbocycles. The fourth-order valence-electron chi connectivity index (χ4n) is 6.50. The van der Waals surface area contributed by atoms with Crippen LogP contribution in [0.4, 0.5) is 0 Å². The highest BCUT2D eigenvalue weighted by Crippen LogP contribution is 2.60. The van der Waals surface area contributed by atoms with E-state index in [9.17, 15) is 9.59 Å². The number of likely N-dealkylation sites (tertiary alicyclic amines) is 1. The molecule has 1 heterocycles. The second-order valence-corrected chi connectivity index (χ2v) is 15.7. The molecule has 2 aliphatic rings. The second kappa shape index (κ2) is 9.64. The first-order valence-corrected chi connectivity index (χ1v) is 15.4. The first-order chi connectivity index (χ1) is 17.3. The standard InChI is InChI=1S/C32H39NO2Si/c1-25(26-13-7-4-8-14-26)33-24-27(23-30(33)34)32(21-22-32)20-19-31(2,3)36(35,28-15-9-5-10-16-28)29-17-11-6-12-18-29/h4-18,25,27,35H,19-24H2,1-3H3/t25-,27-/m0/s1. The maximum Gasteiger partial charge on any atom is 0.258 e. The van der Waals surface area contributed by atoms with E-state index >= 15 is 0 Å². The van der Waals surface area contributed by atoms with Gasteiger partial charge in [0.15, 0.2) is 0 Å². The van der Waals surface area contributed by atoms with Crippen LogP contribution in [0.25, 0.3) is 0 Å². The minimum Gasteiger partial charge on any atom is -0.424 e. The molecule has 0 spiro atoms. The van der Waals surface area contributed by atoms with Gasteiger partial charge in [0.2, 0.25) is 5.91 Å². The Kier molecular flexibility index (Phi) is 6.69. The van der Waals surface area contributed by atoms with E-state index in [0.717, 1.165) is 29.8 Å². The molecule has 0 radical (unpaired) electrons. The zero-order valence-electron chi connectivity index (χ0n) is 21.9. The zero-order chi connectivity index (χ0) is 25.4. The van der Waals surface area contributed by atoms with E-state index in [2.05, 4.69) is 74.2 Å². The highest BCUT2D eigenvalue weighted by atomic mass is 28.4. The van der Waals surface area contributed by atoms with Crippen molar-refractivity contribution < 1.29 is 9.59 Å². The fourth-order valence-corrected chi connectivity index (χ4v) is 10.2. The van der Waals surface area contributed by atoms with Crippen molar-refractivity contribution in [3.05, 3.63) is 96.6 Å². The molecule has 1 amide bonds. The van der Waals surface area contributed by atoms with Gasteiger partial charge in [0.05, 0.1) is 6.04 Å². The van der Waals surface area contributed by atoms with Gasteiger partial charge in [-0.15, -0.1) is 0 Å². The van der Waals surface area contributed by atoms with Gasteiger partial charge in [-0.05, 0) is 64.9 Å². The monoisotopic (exact) mass is 497 g/mol. The van der Waals surface area contributed by atoms with Crippen LogP contribution < -0.4 is 10.4 Å². The van der Waals surface area contributed by atoms with Crippen LogP contribution in [0.1, 0.15) is 64.5 Å². The molecule has 1 saturated carbocycles. The van der Waals surface area contributed by atoms with Crippen LogP contribution in [-0.2, 0) is 4.79 Å². The predicted octanol–water partition coefficient (Wildman–Crippen LogP) is 5.69. The fraction of sp³-hybridized carbons (Fsp3) is 0.406. The summed E-state index contributed by atoms with van der Waals surface area (Å²) in [7, 11) is -3.01. The zero-order valence-corrected chi connectivity index (χ0v) is 22.9. The molecule has 1 aliphatic carbocycles. The summed E-state index contributed by atoms with van der Waals surface area (Å²) < 4.78 is 0. The van der Waals surface area contributed by atoms with Crippen molar-refractivity contribution in [2.24, 2.45) is 11.3 Å². The van der Waals surface area contributed by atoms with Crippen LogP contribution in [0.15, 0.2) is 91.0 Å². The average Bonchev–Trinajstić information content (AvgIpc) is 3.62. The lowest BCUT2D eigenvalue weighted by Gasteiger charge is -2.42. The van der Waals surface area contributed by atoms with Gasteiger partial charge in [0, 0.05) is 13.0 Å². The Morgan fingerprint density at radius 3 is 1.92 bits per heavy atom. The number of hydrogen-bond acceptors (Lipinski definition) is 2. The number of nitrogens with zero attached hydrogens (tertiary/aromatic N) is 1. The van der Waals surface area contributed by atoms with Crippen LogP contribution >= 0.6 is 0 Å². The van der Waals surface area contributed by atoms with E-state index in [1.54, 1.807) is 0 Å². The van der Waals surface area contributed by atoms with Crippen LogP contribution in [0, 0.1) is 11.3 Å². The maximum atomic E-state index is 13.1. The number of amides is 1. The van der Waals surface area contributed by atoms with Gasteiger partial charge >= 0.3 is 0 Å². The molecule has 5 rings (SSSR count). The summed E-state index contributed by atoms with van der Waals surface area (Å²) in [5.74, 6) is 0.705. The van der Waals surface area contributed by atoms with Gasteiger partial charge in [-0.2, -0.15) is 0 Å². The van der Waals surface area contributed by atoms with Gasteiger partial charge in [0.1, 0.15) is 0 Å². The third-order valence-electron chi connectivity index (χ3n) is 9.28. The summed E-state index contributed by atoms with van der Waals surface area (Å²) in [6.45, 7) is 7.54. The highest BCUT2D eigenvalue weighted by Gasteiger charge is 2.56. The van der Waals surface area contributed by atoms with Crippen molar-refractivity contribution in [1.82, 2.24) is 4.90 Å². The number of benzene rings is 3. The summed E-state index contributed by atoms with van der Waals surface area (Å²) in [6.07, 6.45) is 5.09. The summed E-state index contributed by atoms with van der Waals surface area (Å²) in [5, 5.41) is 1.90. The van der Waals surface area contributed by atoms with E-state index in [0.29, 0.717) is 18.2 Å². The normalized spacial score (nSPS) is 20.4. The third kappa shape index (κ3) is 4.46. The molecule has 36 heavy (non-hydrogen) atoms. The SMILES string of the molecule is C[C@@H](c1ccccc1)N1C[C@@H](C2(CCC(C)(C)[Si](O)(c3ccccc3)c3ccccc3)CC2)CC1=O. The minimum absolute atomic E-state index is 0.115. The van der Waals surface area contributed by atoms with Crippen LogP contribution in [0.3, 0.4) is 0 Å². The van der Waals surface area contributed by atoms with E-state index in [4.69, 9.17) is 0 Å². The molecule has 1 aliphatic heterocycles. The predicted molar refractivity (Wildman–Crippen MR) is 150 cm³/mol. The number of carbonyl (C=O) groups excluding carboxylic acids is 1. The molecule has 1 N–H and O–H groups in total. The quantitative estimate of drug-likeness (QED) is 0.386. The Morgan fingerprint density at radius 1 is 0.917 bits per heavy atom. The Hall–Kier alpha value is -2.69. The van der Waals surface area contributed by atoms with Crippen LogP contribution in [-0.4, -0.2) is 30.5 Å². The van der Waals surface area contributed by atoms with Gasteiger partial charge in [-0.1, -0.05) is 105 Å². The lowest BCUT2D eigenvalue weighted by molar-refractivity contribution is -0.129. The molecule has 188 valence electrons. The van der Waals surface area contributed by atoms with Crippen molar-refractivity contribution in [2.75, 3.05) is 6.54 Å². The molecule has 0 bridgehead atoms. The van der Waals surface area contributed by atoms with Crippen LogP contribution in [0.2, 0.25) is 5.04 Å². The third-order valence-corrected chi connectivity index (χ3v) is 13.8. The number of carbonyl (C=O) groups is 1. The molecule has 3 nitrogen and oxygen atoms in total. The lowest BCUT2D eigenvalue weighted by Crippen LogP contribution is -2.65. The Morgan fingerprint density at radius 2 is 1.42 bits per heavy atom. The Bertz CT molecular complexity index is 1140. The van der Waals surface area contributed by atoms with E-state index in [1.165, 1.54) is 18.4 Å². The molecular weight excluding hydrogens is 458 g/mol. The van der Waals surface area contributed by atoms with Gasteiger partial charge in [-0.25, -0.2) is 0 Å². The van der Waals surface area contributed by atoms with E-state index in [-0.39, 0.29) is 16.5 Å². The molecule has 2 atom stereocenters.